The minimum absolute atomic E-state index is 0.00935. The molecule has 0 aromatic carbocycles. The maximum absolute atomic E-state index is 13.9. The van der Waals surface area contributed by atoms with Gasteiger partial charge in [-0.25, -0.2) is 0 Å². The van der Waals surface area contributed by atoms with Crippen LogP contribution < -0.4 is 10.6 Å². The standard InChI is InChI=1S/C23H39N3O5/c1-8-13(3)14(12-27)26-17(19(29)25-21(4,5)6)23-11-10-22(9-2,31-23)15(18(28)24-7)16(23)20(26)30/h13-17,27H,8-12H2,1-7H3,(H,24,28)(H,25,29)/t13-,14-,15-,16-,17?,22+,23?/m0/s1. The minimum atomic E-state index is -1.06. The summed E-state index contributed by atoms with van der Waals surface area (Å²) < 4.78 is 6.65. The second kappa shape index (κ2) is 8.03. The smallest absolute Gasteiger partial charge is 0.246 e. The maximum Gasteiger partial charge on any atom is 0.246 e. The molecular formula is C23H39N3O5. The summed E-state index contributed by atoms with van der Waals surface area (Å²) >= 11 is 0. The lowest BCUT2D eigenvalue weighted by molar-refractivity contribution is -0.153. The predicted octanol–water partition coefficient (Wildman–Crippen LogP) is 1.21. The minimum Gasteiger partial charge on any atom is -0.394 e. The molecule has 176 valence electrons. The SMILES string of the molecule is CC[C@H](C)[C@H](CO)N1C(=O)[C@@H]2[C@@H](C(=O)NC)[C@@]3(CC)CCC2(O3)C1C(=O)NC(C)(C)C. The normalized spacial score (nSPS) is 36.3. The molecule has 3 fully saturated rings. The summed E-state index contributed by atoms with van der Waals surface area (Å²) in [5, 5.41) is 16.0. The van der Waals surface area contributed by atoms with E-state index in [1.54, 1.807) is 11.9 Å². The number of aliphatic hydroxyl groups is 1. The first-order valence-corrected chi connectivity index (χ1v) is 11.6. The summed E-state index contributed by atoms with van der Waals surface area (Å²) in [6.07, 6.45) is 2.52. The van der Waals surface area contributed by atoms with Gasteiger partial charge < -0.3 is 25.4 Å². The third kappa shape index (κ3) is 3.46. The van der Waals surface area contributed by atoms with E-state index in [0.29, 0.717) is 19.3 Å². The molecule has 0 aromatic rings. The monoisotopic (exact) mass is 437 g/mol. The number of rotatable bonds is 7. The highest BCUT2D eigenvalue weighted by Gasteiger charge is 2.79. The first-order chi connectivity index (χ1) is 14.4. The van der Waals surface area contributed by atoms with E-state index in [9.17, 15) is 19.5 Å². The van der Waals surface area contributed by atoms with Crippen molar-refractivity contribution in [1.29, 1.82) is 0 Å². The molecule has 3 aliphatic rings. The Bertz CT molecular complexity index is 750. The molecule has 0 radical (unpaired) electrons. The fraction of sp³-hybridized carbons (Fsp3) is 0.870. The molecule has 0 aromatic heterocycles. The summed E-state index contributed by atoms with van der Waals surface area (Å²) in [6, 6.07) is -1.39. The van der Waals surface area contributed by atoms with Crippen LogP contribution in [0.1, 0.15) is 67.2 Å². The summed E-state index contributed by atoms with van der Waals surface area (Å²) in [7, 11) is 1.57. The summed E-state index contributed by atoms with van der Waals surface area (Å²) in [4.78, 5) is 42.1. The second-order valence-corrected chi connectivity index (χ2v) is 10.6. The molecule has 0 saturated carbocycles. The molecule has 7 atom stereocenters. The average molecular weight is 438 g/mol. The van der Waals surface area contributed by atoms with Gasteiger partial charge in [-0.05, 0) is 46.0 Å². The van der Waals surface area contributed by atoms with Crippen LogP contribution in [0.25, 0.3) is 0 Å². The van der Waals surface area contributed by atoms with Crippen LogP contribution in [-0.4, -0.2) is 70.2 Å². The van der Waals surface area contributed by atoms with E-state index < -0.39 is 40.7 Å². The van der Waals surface area contributed by atoms with Gasteiger partial charge in [0.2, 0.25) is 17.7 Å². The van der Waals surface area contributed by atoms with Crippen molar-refractivity contribution in [3.05, 3.63) is 0 Å². The Hall–Kier alpha value is -1.67. The Morgan fingerprint density at radius 2 is 1.90 bits per heavy atom. The fourth-order valence-electron chi connectivity index (χ4n) is 6.12. The number of amides is 3. The van der Waals surface area contributed by atoms with Gasteiger partial charge in [-0.2, -0.15) is 0 Å². The van der Waals surface area contributed by atoms with E-state index in [1.807, 2.05) is 41.5 Å². The Labute approximate surface area is 185 Å². The number of carbonyl (C=O) groups is 3. The molecule has 3 amide bonds. The van der Waals surface area contributed by atoms with Gasteiger partial charge in [-0.3, -0.25) is 14.4 Å². The first-order valence-electron chi connectivity index (χ1n) is 11.6. The number of carbonyl (C=O) groups excluding carboxylic acids is 3. The molecule has 3 aliphatic heterocycles. The quantitative estimate of drug-likeness (QED) is 0.555. The van der Waals surface area contributed by atoms with Crippen LogP contribution in [0.2, 0.25) is 0 Å². The Kier molecular flexibility index (Phi) is 6.21. The second-order valence-electron chi connectivity index (χ2n) is 10.6. The van der Waals surface area contributed by atoms with Crippen LogP contribution in [0.3, 0.4) is 0 Å². The van der Waals surface area contributed by atoms with Crippen LogP contribution in [0.5, 0.6) is 0 Å². The lowest BCUT2D eigenvalue weighted by Gasteiger charge is -2.40. The van der Waals surface area contributed by atoms with E-state index in [4.69, 9.17) is 4.74 Å². The van der Waals surface area contributed by atoms with Gasteiger partial charge in [0.25, 0.3) is 0 Å². The lowest BCUT2D eigenvalue weighted by atomic mass is 9.65. The molecular weight excluding hydrogens is 398 g/mol. The lowest BCUT2D eigenvalue weighted by Crippen LogP contribution is -2.61. The molecule has 3 heterocycles. The highest BCUT2D eigenvalue weighted by Crippen LogP contribution is 2.64. The average Bonchev–Trinajstić information content (AvgIpc) is 3.30. The van der Waals surface area contributed by atoms with Gasteiger partial charge in [-0.1, -0.05) is 27.2 Å². The highest BCUT2D eigenvalue weighted by molar-refractivity contribution is 5.99. The van der Waals surface area contributed by atoms with E-state index in [2.05, 4.69) is 10.6 Å². The van der Waals surface area contributed by atoms with Crippen molar-refractivity contribution in [1.82, 2.24) is 15.5 Å². The van der Waals surface area contributed by atoms with Gasteiger partial charge in [0.1, 0.15) is 11.6 Å². The van der Waals surface area contributed by atoms with Gasteiger partial charge in [0.15, 0.2) is 0 Å². The van der Waals surface area contributed by atoms with Crippen molar-refractivity contribution in [3.8, 4) is 0 Å². The van der Waals surface area contributed by atoms with E-state index in [-0.39, 0.29) is 30.2 Å². The molecule has 3 saturated heterocycles. The molecule has 0 aliphatic carbocycles. The number of ether oxygens (including phenoxy) is 1. The van der Waals surface area contributed by atoms with Crippen LogP contribution >= 0.6 is 0 Å². The van der Waals surface area contributed by atoms with Crippen LogP contribution in [-0.2, 0) is 19.1 Å². The van der Waals surface area contributed by atoms with Gasteiger partial charge in [0, 0.05) is 12.6 Å². The Morgan fingerprint density at radius 3 is 2.39 bits per heavy atom. The zero-order chi connectivity index (χ0) is 23.4. The van der Waals surface area contributed by atoms with Crippen molar-refractivity contribution >= 4 is 17.7 Å². The predicted molar refractivity (Wildman–Crippen MR) is 116 cm³/mol. The van der Waals surface area contributed by atoms with E-state index >= 15 is 0 Å². The summed E-state index contributed by atoms with van der Waals surface area (Å²) in [5.74, 6) is -2.14. The topological polar surface area (TPSA) is 108 Å². The summed E-state index contributed by atoms with van der Waals surface area (Å²) in [6.45, 7) is 11.4. The molecule has 3 N–H and O–H groups in total. The third-order valence-electron chi connectivity index (χ3n) is 7.74. The van der Waals surface area contributed by atoms with E-state index in [0.717, 1.165) is 6.42 Å². The molecule has 31 heavy (non-hydrogen) atoms. The number of hydrogen-bond donors (Lipinski definition) is 3. The molecule has 8 heteroatoms. The molecule has 2 unspecified atom stereocenters. The highest BCUT2D eigenvalue weighted by atomic mass is 16.5. The van der Waals surface area contributed by atoms with Crippen LogP contribution in [0, 0.1) is 17.8 Å². The maximum atomic E-state index is 13.9. The zero-order valence-corrected chi connectivity index (χ0v) is 19.9. The largest absolute Gasteiger partial charge is 0.394 e. The van der Waals surface area contributed by atoms with Gasteiger partial charge in [-0.15, -0.1) is 0 Å². The third-order valence-corrected chi connectivity index (χ3v) is 7.74. The van der Waals surface area contributed by atoms with Crippen molar-refractivity contribution in [2.75, 3.05) is 13.7 Å². The van der Waals surface area contributed by atoms with Crippen LogP contribution in [0.4, 0.5) is 0 Å². The Balaban J connectivity index is 2.16. The Morgan fingerprint density at radius 1 is 1.26 bits per heavy atom. The number of likely N-dealkylation sites (tertiary alicyclic amines) is 1. The van der Waals surface area contributed by atoms with Crippen LogP contribution in [0.15, 0.2) is 0 Å². The number of fused-ring (bicyclic) bond motifs is 1. The van der Waals surface area contributed by atoms with E-state index in [1.165, 1.54) is 0 Å². The number of nitrogens with one attached hydrogen (secondary N) is 2. The summed E-state index contributed by atoms with van der Waals surface area (Å²) in [5.41, 5.74) is -2.29. The number of nitrogens with zero attached hydrogens (tertiary/aromatic N) is 1. The number of hydrogen-bond acceptors (Lipinski definition) is 5. The molecule has 1 spiro atoms. The molecule has 2 bridgehead atoms. The van der Waals surface area contributed by atoms with Crippen molar-refractivity contribution in [2.24, 2.45) is 17.8 Å². The molecule has 8 nitrogen and oxygen atoms in total. The molecule has 3 rings (SSSR count). The van der Waals surface area contributed by atoms with Gasteiger partial charge in [0.05, 0.1) is 30.1 Å². The van der Waals surface area contributed by atoms with Crippen molar-refractivity contribution < 1.29 is 24.2 Å². The first kappa shape index (κ1) is 24.0. The van der Waals surface area contributed by atoms with Crippen molar-refractivity contribution in [3.63, 3.8) is 0 Å². The zero-order valence-electron chi connectivity index (χ0n) is 19.9. The van der Waals surface area contributed by atoms with Crippen molar-refractivity contribution in [2.45, 2.75) is 96.1 Å². The number of aliphatic hydroxyl groups excluding tert-OH is 1. The fourth-order valence-corrected chi connectivity index (χ4v) is 6.12. The van der Waals surface area contributed by atoms with Gasteiger partial charge >= 0.3 is 0 Å².